The van der Waals surface area contributed by atoms with E-state index >= 15 is 0 Å². The molecule has 0 aromatic carbocycles. The Bertz CT molecular complexity index is 558. The van der Waals surface area contributed by atoms with E-state index in [-0.39, 0.29) is 23.0 Å². The quantitative estimate of drug-likeness (QED) is 0.670. The van der Waals surface area contributed by atoms with Gasteiger partial charge in [0.1, 0.15) is 0 Å². The number of allylic oxidation sites excluding steroid dienone is 3. The number of aliphatic hydroxyl groups excluding tert-OH is 2. The third kappa shape index (κ3) is 1.72. The number of fused-ring (bicyclic) bond motifs is 4. The van der Waals surface area contributed by atoms with Crippen LogP contribution in [0.5, 0.6) is 0 Å². The van der Waals surface area contributed by atoms with Gasteiger partial charge in [0.25, 0.3) is 0 Å². The summed E-state index contributed by atoms with van der Waals surface area (Å²) in [5.74, 6) is 1.20. The first-order chi connectivity index (χ1) is 9.95. The molecule has 6 atom stereocenters. The molecule has 4 aliphatic rings. The van der Waals surface area contributed by atoms with Crippen molar-refractivity contribution in [3.63, 3.8) is 0 Å². The standard InChI is InChI=1S/C19H26O2/c1-18-9-7-13(20)11-12(18)3-4-14-15-5-6-17(21)19(15,2)10-8-16(14)18/h5-7,9,12-13,16-17,20-21H,3-4,8,10-11H2,1-2H3/t12-,13+,16+,17+,18+,19+/m1/s1. The van der Waals surface area contributed by atoms with Gasteiger partial charge >= 0.3 is 0 Å². The fourth-order valence-electron chi connectivity index (χ4n) is 5.55. The Morgan fingerprint density at radius 3 is 2.76 bits per heavy atom. The highest BCUT2D eigenvalue weighted by atomic mass is 16.3. The zero-order valence-corrected chi connectivity index (χ0v) is 13.0. The van der Waals surface area contributed by atoms with Crippen LogP contribution >= 0.6 is 0 Å². The van der Waals surface area contributed by atoms with Crippen molar-refractivity contribution < 1.29 is 10.2 Å². The third-order valence-electron chi connectivity index (χ3n) is 7.03. The maximum atomic E-state index is 10.3. The highest BCUT2D eigenvalue weighted by Gasteiger charge is 2.52. The second kappa shape index (κ2) is 4.33. The molecular formula is C19H26O2. The number of aliphatic hydroxyl groups is 2. The second-order valence-electron chi connectivity index (χ2n) is 8.02. The molecule has 0 aromatic rings. The molecular weight excluding hydrogens is 260 g/mol. The average molecular weight is 286 g/mol. The van der Waals surface area contributed by atoms with E-state index in [4.69, 9.17) is 0 Å². The SMILES string of the molecule is C[C@]12C=C[C@H](O)C[C@H]1CCC1=C3C=C[C@H](O)[C@@]3(C)CC[C@@H]12. The van der Waals surface area contributed by atoms with Crippen LogP contribution in [0.2, 0.25) is 0 Å². The summed E-state index contributed by atoms with van der Waals surface area (Å²) in [4.78, 5) is 0. The summed E-state index contributed by atoms with van der Waals surface area (Å²) in [6.45, 7) is 4.62. The maximum absolute atomic E-state index is 10.3. The summed E-state index contributed by atoms with van der Waals surface area (Å²) in [5, 5.41) is 20.3. The van der Waals surface area contributed by atoms with E-state index in [2.05, 4.69) is 26.0 Å². The van der Waals surface area contributed by atoms with E-state index in [1.165, 1.54) is 18.4 Å². The molecule has 0 bridgehead atoms. The summed E-state index contributed by atoms with van der Waals surface area (Å²) in [5.41, 5.74) is 3.16. The van der Waals surface area contributed by atoms with Gasteiger partial charge in [-0.15, -0.1) is 0 Å². The van der Waals surface area contributed by atoms with E-state index in [0.29, 0.717) is 11.8 Å². The average Bonchev–Trinajstić information content (AvgIpc) is 2.76. The van der Waals surface area contributed by atoms with Crippen LogP contribution in [0.1, 0.15) is 46.0 Å². The lowest BCUT2D eigenvalue weighted by molar-refractivity contribution is 0.0345. The molecule has 4 rings (SSSR count). The largest absolute Gasteiger partial charge is 0.389 e. The van der Waals surface area contributed by atoms with Gasteiger partial charge in [-0.05, 0) is 54.9 Å². The summed E-state index contributed by atoms with van der Waals surface area (Å²) in [7, 11) is 0. The monoisotopic (exact) mass is 286 g/mol. The van der Waals surface area contributed by atoms with Gasteiger partial charge in [0.15, 0.2) is 0 Å². The molecule has 0 spiro atoms. The van der Waals surface area contributed by atoms with Crippen molar-refractivity contribution in [1.82, 2.24) is 0 Å². The lowest BCUT2D eigenvalue weighted by atomic mass is 9.51. The zero-order chi connectivity index (χ0) is 14.8. The highest BCUT2D eigenvalue weighted by Crippen LogP contribution is 2.61. The normalized spacial score (nSPS) is 51.6. The van der Waals surface area contributed by atoms with Crippen LogP contribution < -0.4 is 0 Å². The van der Waals surface area contributed by atoms with Crippen LogP contribution in [0.15, 0.2) is 35.5 Å². The fraction of sp³-hybridized carbons (Fsp3) is 0.684. The molecule has 0 aliphatic heterocycles. The van der Waals surface area contributed by atoms with Crippen molar-refractivity contribution in [3.05, 3.63) is 35.5 Å². The minimum atomic E-state index is -0.310. The van der Waals surface area contributed by atoms with Gasteiger partial charge in [0.2, 0.25) is 0 Å². The first kappa shape index (κ1) is 13.8. The molecule has 2 nitrogen and oxygen atoms in total. The molecule has 0 amide bonds. The van der Waals surface area contributed by atoms with Crippen LogP contribution in [0.3, 0.4) is 0 Å². The van der Waals surface area contributed by atoms with Crippen molar-refractivity contribution in [2.45, 2.75) is 58.2 Å². The Kier molecular flexibility index (Phi) is 2.84. The number of rotatable bonds is 0. The Balaban J connectivity index is 1.79. The lowest BCUT2D eigenvalue weighted by Gasteiger charge is -2.54. The molecule has 2 N–H and O–H groups in total. The topological polar surface area (TPSA) is 40.5 Å². The minimum absolute atomic E-state index is 0.0487. The first-order valence-electron chi connectivity index (χ1n) is 8.42. The van der Waals surface area contributed by atoms with E-state index in [1.807, 2.05) is 12.2 Å². The van der Waals surface area contributed by atoms with Crippen molar-refractivity contribution in [1.29, 1.82) is 0 Å². The van der Waals surface area contributed by atoms with Gasteiger partial charge in [-0.1, -0.05) is 43.7 Å². The smallest absolute Gasteiger partial charge is 0.0817 e. The third-order valence-corrected chi connectivity index (χ3v) is 7.03. The van der Waals surface area contributed by atoms with Crippen molar-refractivity contribution >= 4 is 0 Å². The van der Waals surface area contributed by atoms with Crippen LogP contribution in [0.4, 0.5) is 0 Å². The van der Waals surface area contributed by atoms with E-state index in [1.54, 1.807) is 5.57 Å². The van der Waals surface area contributed by atoms with Crippen LogP contribution in [0, 0.1) is 22.7 Å². The van der Waals surface area contributed by atoms with Gasteiger partial charge in [0, 0.05) is 5.41 Å². The summed E-state index contributed by atoms with van der Waals surface area (Å²) in [6.07, 6.45) is 13.4. The second-order valence-corrected chi connectivity index (χ2v) is 8.02. The van der Waals surface area contributed by atoms with Gasteiger partial charge in [-0.2, -0.15) is 0 Å². The van der Waals surface area contributed by atoms with Gasteiger partial charge < -0.3 is 10.2 Å². The maximum Gasteiger partial charge on any atom is 0.0817 e. The van der Waals surface area contributed by atoms with Crippen LogP contribution in [-0.4, -0.2) is 22.4 Å². The molecule has 0 heterocycles. The van der Waals surface area contributed by atoms with Crippen molar-refractivity contribution in [3.8, 4) is 0 Å². The molecule has 1 fully saturated rings. The lowest BCUT2D eigenvalue weighted by Crippen LogP contribution is -2.46. The summed E-state index contributed by atoms with van der Waals surface area (Å²) >= 11 is 0. The van der Waals surface area contributed by atoms with E-state index < -0.39 is 0 Å². The molecule has 2 heteroatoms. The Labute approximate surface area is 127 Å². The molecule has 1 saturated carbocycles. The molecule has 0 aromatic heterocycles. The minimum Gasteiger partial charge on any atom is -0.389 e. The van der Waals surface area contributed by atoms with Crippen LogP contribution in [0.25, 0.3) is 0 Å². The molecule has 0 saturated heterocycles. The summed E-state index contributed by atoms with van der Waals surface area (Å²) in [6, 6.07) is 0. The Hall–Kier alpha value is -0.860. The number of hydrogen-bond donors (Lipinski definition) is 2. The molecule has 4 aliphatic carbocycles. The van der Waals surface area contributed by atoms with Gasteiger partial charge in [0.05, 0.1) is 12.2 Å². The van der Waals surface area contributed by atoms with Gasteiger partial charge in [-0.3, -0.25) is 0 Å². The van der Waals surface area contributed by atoms with Gasteiger partial charge in [-0.25, -0.2) is 0 Å². The first-order valence-corrected chi connectivity index (χ1v) is 8.42. The van der Waals surface area contributed by atoms with Crippen molar-refractivity contribution in [2.24, 2.45) is 22.7 Å². The number of hydrogen-bond acceptors (Lipinski definition) is 2. The van der Waals surface area contributed by atoms with E-state index in [9.17, 15) is 10.2 Å². The zero-order valence-electron chi connectivity index (χ0n) is 13.0. The molecule has 0 unspecified atom stereocenters. The van der Waals surface area contributed by atoms with E-state index in [0.717, 1.165) is 19.3 Å². The molecule has 114 valence electrons. The predicted octanol–water partition coefficient (Wildman–Crippen LogP) is 3.37. The fourth-order valence-corrected chi connectivity index (χ4v) is 5.55. The van der Waals surface area contributed by atoms with Crippen molar-refractivity contribution in [2.75, 3.05) is 0 Å². The summed E-state index contributed by atoms with van der Waals surface area (Å²) < 4.78 is 0. The molecule has 21 heavy (non-hydrogen) atoms. The Morgan fingerprint density at radius 1 is 1.14 bits per heavy atom. The Morgan fingerprint density at radius 2 is 1.95 bits per heavy atom. The predicted molar refractivity (Wildman–Crippen MR) is 83.6 cm³/mol. The molecule has 0 radical (unpaired) electrons. The highest BCUT2D eigenvalue weighted by molar-refractivity contribution is 5.45. The van der Waals surface area contributed by atoms with Crippen LogP contribution in [-0.2, 0) is 0 Å².